The fourth-order valence-electron chi connectivity index (χ4n) is 4.15. The second kappa shape index (κ2) is 11.7. The van der Waals surface area contributed by atoms with Crippen molar-refractivity contribution < 1.29 is 18.0 Å². The number of nitrogens with zero attached hydrogens (tertiary/aromatic N) is 2. The lowest BCUT2D eigenvalue weighted by atomic mass is 10.1. The topological polar surface area (TPSA) is 86.8 Å². The summed E-state index contributed by atoms with van der Waals surface area (Å²) in [4.78, 5) is 28.2. The van der Waals surface area contributed by atoms with E-state index in [1.807, 2.05) is 76.2 Å². The van der Waals surface area contributed by atoms with E-state index in [9.17, 15) is 18.0 Å². The summed E-state index contributed by atoms with van der Waals surface area (Å²) >= 11 is 0. The number of carbonyl (C=O) groups excluding carboxylic acids is 2. The van der Waals surface area contributed by atoms with Crippen LogP contribution in [0.2, 0.25) is 0 Å². The highest BCUT2D eigenvalue weighted by Crippen LogP contribution is 2.22. The average Bonchev–Trinajstić information content (AvgIpc) is 2.84. The number of rotatable bonds is 10. The van der Waals surface area contributed by atoms with Gasteiger partial charge in [0.25, 0.3) is 0 Å². The molecule has 0 bridgehead atoms. The Balaban J connectivity index is 1.90. The van der Waals surface area contributed by atoms with Crippen LogP contribution >= 0.6 is 0 Å². The summed E-state index contributed by atoms with van der Waals surface area (Å²) in [6, 6.07) is 19.3. The fraction of sp³-hybridized carbons (Fsp3) is 0.357. The molecule has 3 rings (SSSR count). The molecule has 3 aromatic carbocycles. The highest BCUT2D eigenvalue weighted by Gasteiger charge is 2.32. The third kappa shape index (κ3) is 6.30. The number of benzene rings is 3. The van der Waals surface area contributed by atoms with Crippen molar-refractivity contribution in [2.45, 2.75) is 57.6 Å². The number of fused-ring (bicyclic) bond motifs is 1. The molecular weight excluding hydrogens is 474 g/mol. The van der Waals surface area contributed by atoms with Gasteiger partial charge in [-0.1, -0.05) is 61.5 Å². The molecule has 0 aromatic heterocycles. The van der Waals surface area contributed by atoms with Gasteiger partial charge in [-0.25, -0.2) is 8.42 Å². The second-order valence-electron chi connectivity index (χ2n) is 9.31. The van der Waals surface area contributed by atoms with Crippen LogP contribution in [0.15, 0.2) is 71.6 Å². The minimum atomic E-state index is -3.93. The van der Waals surface area contributed by atoms with Gasteiger partial charge in [0, 0.05) is 19.6 Å². The lowest BCUT2D eigenvalue weighted by Crippen LogP contribution is -2.52. The zero-order chi connectivity index (χ0) is 26.5. The monoisotopic (exact) mass is 509 g/mol. The van der Waals surface area contributed by atoms with Crippen molar-refractivity contribution in [3.05, 3.63) is 77.9 Å². The van der Waals surface area contributed by atoms with Gasteiger partial charge >= 0.3 is 0 Å². The third-order valence-corrected chi connectivity index (χ3v) is 8.01. The van der Waals surface area contributed by atoms with Crippen molar-refractivity contribution in [3.8, 4) is 0 Å². The van der Waals surface area contributed by atoms with E-state index in [-0.39, 0.29) is 29.9 Å². The van der Waals surface area contributed by atoms with E-state index >= 15 is 0 Å². The maximum Gasteiger partial charge on any atom is 0.243 e. The molecule has 0 radical (unpaired) electrons. The quantitative estimate of drug-likeness (QED) is 0.446. The lowest BCUT2D eigenvalue weighted by molar-refractivity contribution is -0.141. The van der Waals surface area contributed by atoms with Gasteiger partial charge in [0.2, 0.25) is 21.8 Å². The van der Waals surface area contributed by atoms with Crippen LogP contribution in [0.3, 0.4) is 0 Å². The Kier molecular flexibility index (Phi) is 8.87. The van der Waals surface area contributed by atoms with Crippen LogP contribution in [0.4, 0.5) is 0 Å². The summed E-state index contributed by atoms with van der Waals surface area (Å²) in [7, 11) is -2.53. The van der Waals surface area contributed by atoms with Gasteiger partial charge < -0.3 is 10.2 Å². The maximum absolute atomic E-state index is 13.6. The molecule has 0 unspecified atom stereocenters. The first-order valence-electron chi connectivity index (χ1n) is 12.1. The number of sulfonamides is 1. The summed E-state index contributed by atoms with van der Waals surface area (Å²) < 4.78 is 27.7. The van der Waals surface area contributed by atoms with E-state index < -0.39 is 22.0 Å². The van der Waals surface area contributed by atoms with Crippen LogP contribution in [0.25, 0.3) is 10.8 Å². The first kappa shape index (κ1) is 27.4. The standard InChI is InChI=1S/C28H35N3O4S/c1-6-26(28(33)29-20(2)3)31(18-24-14-8-7-11-21(24)4)27(32)19-30(5)36(34,35)25-16-15-22-12-9-10-13-23(22)17-25/h7-17,20,26H,6,18-19H2,1-5H3,(H,29,33)/t26-/m0/s1. The smallest absolute Gasteiger partial charge is 0.243 e. The lowest BCUT2D eigenvalue weighted by Gasteiger charge is -2.32. The highest BCUT2D eigenvalue weighted by molar-refractivity contribution is 7.89. The van der Waals surface area contributed by atoms with Gasteiger partial charge in [0.1, 0.15) is 6.04 Å². The first-order chi connectivity index (χ1) is 17.0. The zero-order valence-corrected chi connectivity index (χ0v) is 22.4. The van der Waals surface area contributed by atoms with Crippen LogP contribution in [0.1, 0.15) is 38.3 Å². The van der Waals surface area contributed by atoms with E-state index in [4.69, 9.17) is 0 Å². The fourth-order valence-corrected chi connectivity index (χ4v) is 5.30. The largest absolute Gasteiger partial charge is 0.352 e. The van der Waals surface area contributed by atoms with Crippen molar-refractivity contribution in [1.82, 2.24) is 14.5 Å². The average molecular weight is 510 g/mol. The van der Waals surface area contributed by atoms with E-state index in [2.05, 4.69) is 5.32 Å². The zero-order valence-electron chi connectivity index (χ0n) is 21.6. The summed E-state index contributed by atoms with van der Waals surface area (Å²) in [6.07, 6.45) is 0.400. The summed E-state index contributed by atoms with van der Waals surface area (Å²) in [5, 5.41) is 4.62. The van der Waals surface area contributed by atoms with E-state index in [0.717, 1.165) is 26.2 Å². The van der Waals surface area contributed by atoms with Crippen molar-refractivity contribution in [1.29, 1.82) is 0 Å². The van der Waals surface area contributed by atoms with Crippen molar-refractivity contribution in [2.75, 3.05) is 13.6 Å². The molecule has 1 atom stereocenters. The molecule has 0 aliphatic heterocycles. The van der Waals surface area contributed by atoms with Crippen molar-refractivity contribution >= 4 is 32.6 Å². The predicted molar refractivity (Wildman–Crippen MR) is 143 cm³/mol. The molecular formula is C28H35N3O4S. The SMILES string of the molecule is CC[C@@H](C(=O)NC(C)C)N(Cc1ccccc1C)C(=O)CN(C)S(=O)(=O)c1ccc2ccccc2c1. The molecule has 36 heavy (non-hydrogen) atoms. The van der Waals surface area contributed by atoms with Crippen LogP contribution in [0, 0.1) is 6.92 Å². The van der Waals surface area contributed by atoms with Gasteiger partial charge in [-0.3, -0.25) is 9.59 Å². The van der Waals surface area contributed by atoms with Gasteiger partial charge in [-0.15, -0.1) is 0 Å². The summed E-state index contributed by atoms with van der Waals surface area (Å²) in [5.74, 6) is -0.689. The number of aryl methyl sites for hydroxylation is 1. The number of likely N-dealkylation sites (N-methyl/N-ethyl adjacent to an activating group) is 1. The molecule has 0 heterocycles. The Bertz CT molecular complexity index is 1340. The molecule has 0 aliphatic rings. The normalized spacial score (nSPS) is 12.6. The van der Waals surface area contributed by atoms with Gasteiger partial charge in [-0.2, -0.15) is 4.31 Å². The molecule has 3 aromatic rings. The van der Waals surface area contributed by atoms with Gasteiger partial charge in [0.15, 0.2) is 0 Å². The molecule has 192 valence electrons. The predicted octanol–water partition coefficient (Wildman–Crippen LogP) is 4.10. The van der Waals surface area contributed by atoms with Gasteiger partial charge in [-0.05, 0) is 61.2 Å². The Morgan fingerprint density at radius 1 is 0.944 bits per heavy atom. The first-order valence-corrected chi connectivity index (χ1v) is 13.6. The number of amides is 2. The molecule has 0 fully saturated rings. The Hall–Kier alpha value is -3.23. The molecule has 7 nitrogen and oxygen atoms in total. The third-order valence-electron chi connectivity index (χ3n) is 6.21. The van der Waals surface area contributed by atoms with Crippen LogP contribution in [-0.4, -0.2) is 55.1 Å². The maximum atomic E-state index is 13.6. The Morgan fingerprint density at radius 2 is 1.58 bits per heavy atom. The number of hydrogen-bond acceptors (Lipinski definition) is 4. The Morgan fingerprint density at radius 3 is 2.22 bits per heavy atom. The van der Waals surface area contributed by atoms with Crippen LogP contribution in [-0.2, 0) is 26.2 Å². The number of hydrogen-bond donors (Lipinski definition) is 1. The number of nitrogens with one attached hydrogen (secondary N) is 1. The molecule has 0 aliphatic carbocycles. The van der Waals surface area contributed by atoms with E-state index in [1.165, 1.54) is 11.9 Å². The molecule has 2 amide bonds. The van der Waals surface area contributed by atoms with Crippen molar-refractivity contribution in [2.24, 2.45) is 0 Å². The second-order valence-corrected chi connectivity index (χ2v) is 11.4. The van der Waals surface area contributed by atoms with Crippen molar-refractivity contribution in [3.63, 3.8) is 0 Å². The van der Waals surface area contributed by atoms with E-state index in [1.54, 1.807) is 18.2 Å². The molecule has 8 heteroatoms. The molecule has 0 saturated heterocycles. The highest BCUT2D eigenvalue weighted by atomic mass is 32.2. The molecule has 0 spiro atoms. The number of carbonyl (C=O) groups is 2. The Labute approximate surface area is 214 Å². The van der Waals surface area contributed by atoms with Crippen LogP contribution in [0.5, 0.6) is 0 Å². The summed E-state index contributed by atoms with van der Waals surface area (Å²) in [5.41, 5.74) is 1.90. The molecule has 1 N–H and O–H groups in total. The van der Waals surface area contributed by atoms with Crippen LogP contribution < -0.4 is 5.32 Å². The van der Waals surface area contributed by atoms with Gasteiger partial charge in [0.05, 0.1) is 11.4 Å². The molecule has 0 saturated carbocycles. The van der Waals surface area contributed by atoms with E-state index in [0.29, 0.717) is 6.42 Å². The minimum Gasteiger partial charge on any atom is -0.352 e. The minimum absolute atomic E-state index is 0.0853. The summed E-state index contributed by atoms with van der Waals surface area (Å²) in [6.45, 7) is 7.34.